The minimum atomic E-state index is -1.01. The van der Waals surface area contributed by atoms with E-state index < -0.39 is 30.1 Å². The Bertz CT molecular complexity index is 3120. The fourth-order valence-corrected chi connectivity index (χ4v) is 9.67. The molecule has 3 aromatic carbocycles. The Morgan fingerprint density at radius 1 is 0.892 bits per heavy atom. The molecule has 0 radical (unpaired) electrons. The first-order chi connectivity index (χ1) is 31.6. The molecule has 2 saturated heterocycles. The van der Waals surface area contributed by atoms with Gasteiger partial charge in [0.2, 0.25) is 11.8 Å². The second kappa shape index (κ2) is 16.0. The van der Waals surface area contributed by atoms with Gasteiger partial charge in [0.25, 0.3) is 5.91 Å². The summed E-state index contributed by atoms with van der Waals surface area (Å²) in [6.45, 7) is 5.11. The normalized spacial score (nSPS) is 19.8. The van der Waals surface area contributed by atoms with Gasteiger partial charge >= 0.3 is 5.69 Å². The lowest BCUT2D eigenvalue weighted by Crippen LogP contribution is -2.45. The molecular formula is C48H47FN12O4. The molecule has 0 spiro atoms. The molecule has 7 aromatic rings. The summed E-state index contributed by atoms with van der Waals surface area (Å²) < 4.78 is 18.2. The number of aryl methyl sites for hydroxylation is 1. The van der Waals surface area contributed by atoms with Gasteiger partial charge in [-0.15, -0.1) is 5.10 Å². The molecular weight excluding hydrogens is 828 g/mol. The summed E-state index contributed by atoms with van der Waals surface area (Å²) in [7, 11) is 3.52. The molecule has 17 heteroatoms. The molecule has 65 heavy (non-hydrogen) atoms. The van der Waals surface area contributed by atoms with Gasteiger partial charge in [-0.25, -0.2) is 18.7 Å². The molecule has 1 aliphatic carbocycles. The number of anilines is 4. The number of nitrogens with one attached hydrogen (secondary N) is 3. The van der Waals surface area contributed by atoms with Crippen LogP contribution in [0.3, 0.4) is 0 Å². The average molecular weight is 875 g/mol. The number of piperidine rings is 1. The zero-order valence-electron chi connectivity index (χ0n) is 36.0. The number of alkyl halides is 1. The van der Waals surface area contributed by atoms with Crippen molar-refractivity contribution in [2.75, 3.05) is 54.9 Å². The van der Waals surface area contributed by atoms with Crippen molar-refractivity contribution in [3.8, 4) is 22.4 Å². The lowest BCUT2D eigenvalue weighted by molar-refractivity contribution is -0.135. The molecule has 16 nitrogen and oxygen atoms in total. The van der Waals surface area contributed by atoms with Crippen molar-refractivity contribution in [3.63, 3.8) is 0 Å². The Kier molecular flexibility index (Phi) is 9.93. The summed E-state index contributed by atoms with van der Waals surface area (Å²) in [4.78, 5) is 67.1. The van der Waals surface area contributed by atoms with E-state index in [1.165, 1.54) is 26.4 Å². The summed E-state index contributed by atoms with van der Waals surface area (Å²) >= 11 is 0. The van der Waals surface area contributed by atoms with Gasteiger partial charge < -0.3 is 20.4 Å². The van der Waals surface area contributed by atoms with E-state index in [9.17, 15) is 23.6 Å². The van der Waals surface area contributed by atoms with E-state index in [1.807, 2.05) is 37.5 Å². The molecule has 4 aromatic heterocycles. The highest BCUT2D eigenvalue weighted by molar-refractivity contribution is 6.00. The Morgan fingerprint density at radius 3 is 2.46 bits per heavy atom. The Labute approximate surface area is 372 Å². The van der Waals surface area contributed by atoms with E-state index in [0.29, 0.717) is 36.4 Å². The first-order valence-corrected chi connectivity index (χ1v) is 22.1. The van der Waals surface area contributed by atoms with Crippen LogP contribution in [-0.2, 0) is 29.6 Å². The van der Waals surface area contributed by atoms with Crippen molar-refractivity contribution in [1.29, 1.82) is 0 Å². The molecule has 7 heterocycles. The molecule has 3 fully saturated rings. The highest BCUT2D eigenvalue weighted by Crippen LogP contribution is 2.40. The van der Waals surface area contributed by atoms with Crippen LogP contribution in [0.2, 0.25) is 0 Å². The van der Waals surface area contributed by atoms with E-state index in [-0.39, 0.29) is 23.7 Å². The van der Waals surface area contributed by atoms with Crippen LogP contribution >= 0.6 is 0 Å². The lowest BCUT2D eigenvalue weighted by atomic mass is 10.0. The molecule has 4 aliphatic rings. The van der Waals surface area contributed by atoms with Crippen LogP contribution in [0.15, 0.2) is 96.1 Å². The van der Waals surface area contributed by atoms with Crippen molar-refractivity contribution in [3.05, 3.63) is 119 Å². The third-order valence-electron chi connectivity index (χ3n) is 13.3. The third kappa shape index (κ3) is 7.25. The number of hydrogen-bond donors (Lipinski definition) is 3. The monoisotopic (exact) mass is 874 g/mol. The van der Waals surface area contributed by atoms with Gasteiger partial charge in [0.15, 0.2) is 17.2 Å². The van der Waals surface area contributed by atoms with Gasteiger partial charge in [-0.1, -0.05) is 30.3 Å². The number of carbonyl (C=O) groups excluding carboxylic acids is 3. The Hall–Kier alpha value is -7.40. The molecule has 3 atom stereocenters. The summed E-state index contributed by atoms with van der Waals surface area (Å²) in [6.07, 6.45) is 3.98. The standard InChI is InChI=1S/C48H47FN12O4/c1-50-37-25-43(55-61-42(26-52-45(37)61)47(64)53-36-24-34(36)49)59-17-15-33-32(4-3-5-38(33)59)35-22-28(14-16-51-35)27-57-18-20-58(21-19-57)31-9-6-29(7-10-31)30-8-11-39-41(23-30)56(2)48(65)60(39)40-12-13-44(62)54-46(40)63/h3-11,14,16,22-23,25-26,34,36,40,50H,12-13,15,17-21,24,27H2,1-2H3,(H,53,64)(H,54,62,63)/t34-,36+,40?/m0/s1. The first kappa shape index (κ1) is 40.4. The molecule has 0 bridgehead atoms. The zero-order valence-corrected chi connectivity index (χ0v) is 36.0. The maximum Gasteiger partial charge on any atom is 0.329 e. The zero-order chi connectivity index (χ0) is 44.5. The molecule has 3 N–H and O–H groups in total. The van der Waals surface area contributed by atoms with Crippen molar-refractivity contribution in [1.82, 2.24) is 44.2 Å². The summed E-state index contributed by atoms with van der Waals surface area (Å²) in [6, 6.07) is 25.7. The van der Waals surface area contributed by atoms with E-state index in [2.05, 4.69) is 90.2 Å². The molecule has 1 unspecified atom stereocenters. The number of piperazine rings is 1. The second-order valence-corrected chi connectivity index (χ2v) is 17.3. The number of halogens is 1. The van der Waals surface area contributed by atoms with Crippen molar-refractivity contribution >= 4 is 57.3 Å². The van der Waals surface area contributed by atoms with E-state index in [0.717, 1.165) is 84.1 Å². The van der Waals surface area contributed by atoms with E-state index in [1.54, 1.807) is 11.6 Å². The Balaban J connectivity index is 0.753. The van der Waals surface area contributed by atoms with Gasteiger partial charge in [-0.05, 0) is 77.6 Å². The van der Waals surface area contributed by atoms with Crippen LogP contribution in [0.25, 0.3) is 39.1 Å². The number of amides is 3. The largest absolute Gasteiger partial charge is 0.385 e. The van der Waals surface area contributed by atoms with Crippen LogP contribution < -0.4 is 31.4 Å². The number of rotatable bonds is 10. The summed E-state index contributed by atoms with van der Waals surface area (Å²) in [5.74, 6) is -0.484. The minimum Gasteiger partial charge on any atom is -0.385 e. The summed E-state index contributed by atoms with van der Waals surface area (Å²) in [5, 5.41) is 13.2. The smallest absolute Gasteiger partial charge is 0.329 e. The quantitative estimate of drug-likeness (QED) is 0.159. The molecule has 1 saturated carbocycles. The average Bonchev–Trinajstić information content (AvgIpc) is 3.60. The topological polar surface area (TPSA) is 167 Å². The number of fused-ring (bicyclic) bond motifs is 3. The maximum absolute atomic E-state index is 13.6. The van der Waals surface area contributed by atoms with Crippen LogP contribution in [0.1, 0.15) is 46.9 Å². The highest BCUT2D eigenvalue weighted by Gasteiger charge is 2.39. The van der Waals surface area contributed by atoms with Crippen LogP contribution in [0, 0.1) is 0 Å². The van der Waals surface area contributed by atoms with Crippen LogP contribution in [0.4, 0.5) is 27.3 Å². The number of nitrogens with zero attached hydrogens (tertiary/aromatic N) is 9. The second-order valence-electron chi connectivity index (χ2n) is 17.3. The van der Waals surface area contributed by atoms with Crippen molar-refractivity contribution < 1.29 is 18.8 Å². The molecule has 3 aliphatic heterocycles. The Morgan fingerprint density at radius 2 is 1.69 bits per heavy atom. The van der Waals surface area contributed by atoms with E-state index >= 15 is 0 Å². The number of aromatic nitrogens is 6. The molecule has 330 valence electrons. The van der Waals surface area contributed by atoms with Gasteiger partial charge in [0.05, 0.1) is 34.7 Å². The molecule has 3 amide bonds. The summed E-state index contributed by atoms with van der Waals surface area (Å²) in [5.41, 5.74) is 11.2. The predicted octanol–water partition coefficient (Wildman–Crippen LogP) is 4.99. The van der Waals surface area contributed by atoms with Gasteiger partial charge in [-0.2, -0.15) is 0 Å². The third-order valence-corrected chi connectivity index (χ3v) is 13.3. The van der Waals surface area contributed by atoms with E-state index in [4.69, 9.17) is 10.1 Å². The molecule has 11 rings (SSSR count). The van der Waals surface area contributed by atoms with Crippen LogP contribution in [0.5, 0.6) is 0 Å². The van der Waals surface area contributed by atoms with Gasteiger partial charge in [0, 0.05) is 95.4 Å². The number of hydrogen-bond acceptors (Lipinski definition) is 11. The maximum atomic E-state index is 13.6. The predicted molar refractivity (Wildman–Crippen MR) is 245 cm³/mol. The number of imidazole rings is 2. The SMILES string of the molecule is CNc1cc(N2CCc3c(-c4cc(CN5CCN(c6ccc(-c7ccc8c(c7)n(C)c(=O)n8C7CCC(=O)NC7=O)cc6)CC5)ccn4)cccc32)nn2c(C(=O)N[C@@H]3C[C@@H]3F)cnc12. The van der Waals surface area contributed by atoms with Gasteiger partial charge in [-0.3, -0.25) is 38.7 Å². The highest BCUT2D eigenvalue weighted by atomic mass is 19.1. The fourth-order valence-electron chi connectivity index (χ4n) is 9.67. The number of benzene rings is 3. The number of imide groups is 1. The fraction of sp³-hybridized carbons (Fsp3) is 0.312. The minimum absolute atomic E-state index is 0.200. The van der Waals surface area contributed by atoms with Gasteiger partial charge in [0.1, 0.15) is 12.2 Å². The van der Waals surface area contributed by atoms with Crippen molar-refractivity contribution in [2.45, 2.75) is 50.5 Å². The lowest BCUT2D eigenvalue weighted by Gasteiger charge is -2.36. The van der Waals surface area contributed by atoms with Crippen molar-refractivity contribution in [2.24, 2.45) is 7.05 Å². The number of pyridine rings is 1. The first-order valence-electron chi connectivity index (χ1n) is 22.1. The van der Waals surface area contributed by atoms with Crippen LogP contribution in [-0.4, -0.2) is 103 Å². The number of carbonyl (C=O) groups is 3.